The standard InChI is InChI=1S/C23H30N2O3/c1-5-28-22(27)23(4,14-18-9-7-6-8-10-18)24-21(26)20-13-16(2)25(17(20)3)15-19-11-12-19/h6-10,13,19H,5,11-12,14-15H2,1-4H3,(H,24,26)/t23-/m0/s1. The number of amides is 1. The van der Waals surface area contributed by atoms with E-state index >= 15 is 0 Å². The van der Waals surface area contributed by atoms with Crippen LogP contribution in [0.1, 0.15) is 54.0 Å². The van der Waals surface area contributed by atoms with Crippen molar-refractivity contribution in [1.82, 2.24) is 9.88 Å². The number of aromatic nitrogens is 1. The van der Waals surface area contributed by atoms with Gasteiger partial charge >= 0.3 is 5.97 Å². The quantitative estimate of drug-likeness (QED) is 0.706. The zero-order valence-corrected chi connectivity index (χ0v) is 17.2. The average Bonchev–Trinajstić information content (AvgIpc) is 3.43. The molecule has 1 amide bonds. The molecule has 1 aliphatic rings. The van der Waals surface area contributed by atoms with Crippen molar-refractivity contribution in [3.05, 3.63) is 58.9 Å². The predicted molar refractivity (Wildman–Crippen MR) is 109 cm³/mol. The summed E-state index contributed by atoms with van der Waals surface area (Å²) >= 11 is 0. The van der Waals surface area contributed by atoms with Crippen LogP contribution < -0.4 is 5.32 Å². The van der Waals surface area contributed by atoms with Crippen LogP contribution in [0.25, 0.3) is 0 Å². The lowest BCUT2D eigenvalue weighted by molar-refractivity contribution is -0.150. The molecule has 0 bridgehead atoms. The second-order valence-electron chi connectivity index (χ2n) is 8.01. The highest BCUT2D eigenvalue weighted by atomic mass is 16.5. The Bertz CT molecular complexity index is 852. The third kappa shape index (κ3) is 4.46. The average molecular weight is 383 g/mol. The fourth-order valence-corrected chi connectivity index (χ4v) is 3.65. The van der Waals surface area contributed by atoms with Gasteiger partial charge in [-0.1, -0.05) is 30.3 Å². The largest absolute Gasteiger partial charge is 0.464 e. The zero-order valence-electron chi connectivity index (χ0n) is 17.2. The van der Waals surface area contributed by atoms with Crippen molar-refractivity contribution >= 4 is 11.9 Å². The summed E-state index contributed by atoms with van der Waals surface area (Å²) < 4.78 is 7.49. The fraction of sp³-hybridized carbons (Fsp3) is 0.478. The van der Waals surface area contributed by atoms with E-state index in [4.69, 9.17) is 4.74 Å². The van der Waals surface area contributed by atoms with Crippen LogP contribution in [0.4, 0.5) is 0 Å². The number of carbonyl (C=O) groups is 2. The number of rotatable bonds is 8. The summed E-state index contributed by atoms with van der Waals surface area (Å²) in [6, 6.07) is 11.6. The fourth-order valence-electron chi connectivity index (χ4n) is 3.65. The molecule has 1 fully saturated rings. The van der Waals surface area contributed by atoms with Gasteiger partial charge in [-0.05, 0) is 58.1 Å². The van der Waals surface area contributed by atoms with Crippen LogP contribution in [0, 0.1) is 19.8 Å². The van der Waals surface area contributed by atoms with E-state index in [0.717, 1.165) is 29.4 Å². The predicted octanol–water partition coefficient (Wildman–Crippen LogP) is 3.81. The highest BCUT2D eigenvalue weighted by molar-refractivity contribution is 5.99. The number of esters is 1. The van der Waals surface area contributed by atoms with Crippen molar-refractivity contribution in [1.29, 1.82) is 0 Å². The van der Waals surface area contributed by atoms with Crippen LogP contribution in [-0.4, -0.2) is 28.6 Å². The molecule has 1 N–H and O–H groups in total. The number of benzene rings is 1. The molecule has 1 aromatic heterocycles. The number of carbonyl (C=O) groups excluding carboxylic acids is 2. The number of nitrogens with zero attached hydrogens (tertiary/aromatic N) is 1. The van der Waals surface area contributed by atoms with E-state index in [0.29, 0.717) is 12.0 Å². The van der Waals surface area contributed by atoms with Crippen molar-refractivity contribution in [2.75, 3.05) is 6.61 Å². The molecular formula is C23H30N2O3. The molecule has 0 spiro atoms. The summed E-state index contributed by atoms with van der Waals surface area (Å²) in [5, 5.41) is 2.97. The first-order chi connectivity index (χ1) is 13.3. The second-order valence-corrected chi connectivity index (χ2v) is 8.01. The molecular weight excluding hydrogens is 352 g/mol. The van der Waals surface area contributed by atoms with Gasteiger partial charge in [0, 0.05) is 24.4 Å². The first-order valence-corrected chi connectivity index (χ1v) is 10.0. The van der Waals surface area contributed by atoms with Gasteiger partial charge in [0.2, 0.25) is 0 Å². The monoisotopic (exact) mass is 382 g/mol. The van der Waals surface area contributed by atoms with Gasteiger partial charge < -0.3 is 14.6 Å². The number of hydrogen-bond acceptors (Lipinski definition) is 3. The van der Waals surface area contributed by atoms with Gasteiger partial charge in [-0.15, -0.1) is 0 Å². The third-order valence-corrected chi connectivity index (χ3v) is 5.47. The molecule has 5 heteroatoms. The minimum Gasteiger partial charge on any atom is -0.464 e. The molecule has 0 unspecified atom stereocenters. The topological polar surface area (TPSA) is 60.3 Å². The summed E-state index contributed by atoms with van der Waals surface area (Å²) in [5.74, 6) is 0.0733. The van der Waals surface area contributed by atoms with Crippen LogP contribution in [0.2, 0.25) is 0 Å². The van der Waals surface area contributed by atoms with Crippen molar-refractivity contribution in [2.45, 2.75) is 59.0 Å². The van der Waals surface area contributed by atoms with E-state index in [1.807, 2.05) is 50.2 Å². The molecule has 1 saturated carbocycles. The Morgan fingerprint density at radius 2 is 1.89 bits per heavy atom. The van der Waals surface area contributed by atoms with Crippen molar-refractivity contribution in [3.63, 3.8) is 0 Å². The van der Waals surface area contributed by atoms with Gasteiger partial charge in [-0.3, -0.25) is 4.79 Å². The summed E-state index contributed by atoms with van der Waals surface area (Å²) in [4.78, 5) is 25.8. The Morgan fingerprint density at radius 3 is 2.50 bits per heavy atom. The maximum absolute atomic E-state index is 13.1. The molecule has 0 aliphatic heterocycles. The molecule has 1 aliphatic carbocycles. The smallest absolute Gasteiger partial charge is 0.331 e. The van der Waals surface area contributed by atoms with Crippen molar-refractivity contribution < 1.29 is 14.3 Å². The van der Waals surface area contributed by atoms with E-state index in [2.05, 4.69) is 9.88 Å². The van der Waals surface area contributed by atoms with E-state index in [-0.39, 0.29) is 12.5 Å². The van der Waals surface area contributed by atoms with Crippen molar-refractivity contribution in [2.24, 2.45) is 5.92 Å². The van der Waals surface area contributed by atoms with Crippen LogP contribution in [0.3, 0.4) is 0 Å². The number of aryl methyl sites for hydroxylation is 1. The van der Waals surface area contributed by atoms with Gasteiger partial charge in [-0.2, -0.15) is 0 Å². The molecule has 150 valence electrons. The first kappa shape index (κ1) is 20.2. The minimum absolute atomic E-state index is 0.235. The molecule has 1 heterocycles. The van der Waals surface area contributed by atoms with Crippen LogP contribution in [0.15, 0.2) is 36.4 Å². The molecule has 0 saturated heterocycles. The summed E-state index contributed by atoms with van der Waals surface area (Å²) in [7, 11) is 0. The zero-order chi connectivity index (χ0) is 20.3. The third-order valence-electron chi connectivity index (χ3n) is 5.47. The van der Waals surface area contributed by atoms with E-state index in [9.17, 15) is 9.59 Å². The molecule has 3 rings (SSSR count). The minimum atomic E-state index is -1.13. The maximum atomic E-state index is 13.1. The Balaban J connectivity index is 1.83. The lowest BCUT2D eigenvalue weighted by atomic mass is 9.92. The highest BCUT2D eigenvalue weighted by Gasteiger charge is 2.37. The van der Waals surface area contributed by atoms with Crippen LogP contribution >= 0.6 is 0 Å². The van der Waals surface area contributed by atoms with Gasteiger partial charge in [0.15, 0.2) is 0 Å². The normalized spacial score (nSPS) is 15.7. The highest BCUT2D eigenvalue weighted by Crippen LogP contribution is 2.32. The summed E-state index contributed by atoms with van der Waals surface area (Å²) in [5.41, 5.74) is 2.50. The number of hydrogen-bond donors (Lipinski definition) is 1. The molecule has 0 radical (unpaired) electrons. The lowest BCUT2D eigenvalue weighted by Crippen LogP contribution is -2.54. The molecule has 1 aromatic carbocycles. The Hall–Kier alpha value is -2.56. The van der Waals surface area contributed by atoms with Crippen LogP contribution in [0.5, 0.6) is 0 Å². The summed E-state index contributed by atoms with van der Waals surface area (Å²) in [6.07, 6.45) is 2.90. The van der Waals surface area contributed by atoms with Crippen molar-refractivity contribution in [3.8, 4) is 0 Å². The lowest BCUT2D eigenvalue weighted by Gasteiger charge is -2.28. The van der Waals surface area contributed by atoms with Gasteiger partial charge in [0.1, 0.15) is 5.54 Å². The van der Waals surface area contributed by atoms with Gasteiger partial charge in [0.05, 0.1) is 12.2 Å². The Labute approximate surface area is 167 Å². The molecule has 28 heavy (non-hydrogen) atoms. The van der Waals surface area contributed by atoms with E-state index < -0.39 is 11.5 Å². The number of nitrogens with one attached hydrogen (secondary N) is 1. The Kier molecular flexibility index (Phi) is 5.92. The number of ether oxygens (including phenoxy) is 1. The molecule has 1 atom stereocenters. The van der Waals surface area contributed by atoms with Gasteiger partial charge in [0.25, 0.3) is 5.91 Å². The first-order valence-electron chi connectivity index (χ1n) is 10.0. The molecule has 2 aromatic rings. The SMILES string of the molecule is CCOC(=O)[C@](C)(Cc1ccccc1)NC(=O)c1cc(C)n(CC2CC2)c1C. The van der Waals surface area contributed by atoms with E-state index in [1.54, 1.807) is 13.8 Å². The van der Waals surface area contributed by atoms with Gasteiger partial charge in [-0.25, -0.2) is 4.79 Å². The Morgan fingerprint density at radius 1 is 1.21 bits per heavy atom. The molecule has 5 nitrogen and oxygen atoms in total. The second kappa shape index (κ2) is 8.21. The maximum Gasteiger partial charge on any atom is 0.331 e. The summed E-state index contributed by atoms with van der Waals surface area (Å²) in [6.45, 7) is 8.75. The van der Waals surface area contributed by atoms with E-state index in [1.165, 1.54) is 12.8 Å². The van der Waals surface area contributed by atoms with Crippen LogP contribution in [-0.2, 0) is 22.5 Å².